The summed E-state index contributed by atoms with van der Waals surface area (Å²) >= 11 is 0. The van der Waals surface area contributed by atoms with Crippen LogP contribution in [0.3, 0.4) is 0 Å². The van der Waals surface area contributed by atoms with Crippen LogP contribution in [0.15, 0.2) is 28.8 Å². The van der Waals surface area contributed by atoms with Crippen LogP contribution in [-0.4, -0.2) is 15.2 Å². The van der Waals surface area contributed by atoms with E-state index in [-0.39, 0.29) is 5.75 Å². The Labute approximate surface area is 99.5 Å². The van der Waals surface area contributed by atoms with Crippen LogP contribution in [0.1, 0.15) is 25.1 Å². The third-order valence-electron chi connectivity index (χ3n) is 2.29. The summed E-state index contributed by atoms with van der Waals surface area (Å²) in [5.41, 5.74) is 0.901. The highest BCUT2D eigenvalue weighted by atomic mass is 16.5. The van der Waals surface area contributed by atoms with E-state index in [1.54, 1.807) is 24.3 Å². The number of rotatable bonds is 5. The van der Waals surface area contributed by atoms with Crippen LogP contribution in [-0.2, 0) is 13.0 Å². The molecule has 0 spiro atoms. The second kappa shape index (κ2) is 5.34. The molecule has 5 nitrogen and oxygen atoms in total. The van der Waals surface area contributed by atoms with E-state index in [1.807, 2.05) is 0 Å². The number of anilines is 1. The number of hydrogen-bond donors (Lipinski definition) is 2. The molecule has 90 valence electrons. The summed E-state index contributed by atoms with van der Waals surface area (Å²) in [6.07, 6.45) is 1.84. The van der Waals surface area contributed by atoms with Crippen LogP contribution in [0.25, 0.3) is 0 Å². The SMILES string of the molecule is CCCc1noc(CNc2ccc(O)cc2)n1. The summed E-state index contributed by atoms with van der Waals surface area (Å²) in [5.74, 6) is 1.56. The van der Waals surface area contributed by atoms with Crippen molar-refractivity contribution in [2.24, 2.45) is 0 Å². The van der Waals surface area contributed by atoms with Crippen LogP contribution in [0, 0.1) is 0 Å². The first-order valence-corrected chi connectivity index (χ1v) is 5.62. The van der Waals surface area contributed by atoms with E-state index < -0.39 is 0 Å². The van der Waals surface area contributed by atoms with Crippen molar-refractivity contribution in [2.75, 3.05) is 5.32 Å². The minimum absolute atomic E-state index is 0.249. The van der Waals surface area contributed by atoms with Crippen molar-refractivity contribution in [1.82, 2.24) is 10.1 Å². The molecule has 5 heteroatoms. The van der Waals surface area contributed by atoms with Gasteiger partial charge in [0.05, 0.1) is 6.54 Å². The number of aryl methyl sites for hydroxylation is 1. The molecule has 0 saturated carbocycles. The highest BCUT2D eigenvalue weighted by Gasteiger charge is 2.04. The van der Waals surface area contributed by atoms with Gasteiger partial charge in [-0.3, -0.25) is 0 Å². The number of hydrogen-bond acceptors (Lipinski definition) is 5. The smallest absolute Gasteiger partial charge is 0.245 e. The van der Waals surface area contributed by atoms with E-state index in [0.29, 0.717) is 12.4 Å². The van der Waals surface area contributed by atoms with E-state index in [1.165, 1.54) is 0 Å². The Balaban J connectivity index is 1.90. The van der Waals surface area contributed by atoms with Gasteiger partial charge in [0.25, 0.3) is 0 Å². The zero-order chi connectivity index (χ0) is 12.1. The molecule has 0 aliphatic rings. The minimum atomic E-state index is 0.249. The number of phenols is 1. The van der Waals surface area contributed by atoms with Crippen molar-refractivity contribution in [1.29, 1.82) is 0 Å². The van der Waals surface area contributed by atoms with Crippen molar-refractivity contribution in [3.63, 3.8) is 0 Å². The van der Waals surface area contributed by atoms with Crippen molar-refractivity contribution in [2.45, 2.75) is 26.3 Å². The van der Waals surface area contributed by atoms with Gasteiger partial charge in [-0.15, -0.1) is 0 Å². The van der Waals surface area contributed by atoms with E-state index in [9.17, 15) is 0 Å². The maximum absolute atomic E-state index is 9.14. The highest BCUT2D eigenvalue weighted by Crippen LogP contribution is 2.14. The predicted octanol–water partition coefficient (Wildman–Crippen LogP) is 2.34. The Kier molecular flexibility index (Phi) is 3.59. The fourth-order valence-corrected chi connectivity index (χ4v) is 1.44. The monoisotopic (exact) mass is 233 g/mol. The summed E-state index contributed by atoms with van der Waals surface area (Å²) in [6.45, 7) is 2.56. The molecule has 0 amide bonds. The van der Waals surface area contributed by atoms with E-state index in [2.05, 4.69) is 22.4 Å². The Morgan fingerprint density at radius 2 is 2.06 bits per heavy atom. The first-order valence-electron chi connectivity index (χ1n) is 5.62. The molecule has 0 aliphatic carbocycles. The fraction of sp³-hybridized carbons (Fsp3) is 0.333. The molecule has 1 heterocycles. The Morgan fingerprint density at radius 1 is 1.29 bits per heavy atom. The first-order chi connectivity index (χ1) is 8.28. The predicted molar refractivity (Wildman–Crippen MR) is 63.7 cm³/mol. The lowest BCUT2D eigenvalue weighted by molar-refractivity contribution is 0.377. The fourth-order valence-electron chi connectivity index (χ4n) is 1.44. The first kappa shape index (κ1) is 11.4. The zero-order valence-corrected chi connectivity index (χ0v) is 9.68. The van der Waals surface area contributed by atoms with E-state index in [0.717, 1.165) is 24.4 Å². The van der Waals surface area contributed by atoms with Crippen LogP contribution in [0.4, 0.5) is 5.69 Å². The molecule has 0 fully saturated rings. The number of phenolic OH excluding ortho intramolecular Hbond substituents is 1. The number of benzene rings is 1. The molecule has 0 radical (unpaired) electrons. The molecule has 0 aliphatic heterocycles. The quantitative estimate of drug-likeness (QED) is 0.775. The van der Waals surface area contributed by atoms with Crippen LogP contribution < -0.4 is 5.32 Å². The number of nitrogens with zero attached hydrogens (tertiary/aromatic N) is 2. The maximum Gasteiger partial charge on any atom is 0.245 e. The standard InChI is InChI=1S/C12H15N3O2/c1-2-3-11-14-12(17-15-11)8-13-9-4-6-10(16)7-5-9/h4-7,13,16H,2-3,8H2,1H3. The van der Waals surface area contributed by atoms with Gasteiger partial charge in [0.1, 0.15) is 5.75 Å². The normalized spacial score (nSPS) is 10.4. The second-order valence-corrected chi connectivity index (χ2v) is 3.75. The van der Waals surface area contributed by atoms with Gasteiger partial charge in [-0.05, 0) is 30.7 Å². The molecular weight excluding hydrogens is 218 g/mol. The van der Waals surface area contributed by atoms with Crippen molar-refractivity contribution < 1.29 is 9.63 Å². The van der Waals surface area contributed by atoms with Gasteiger partial charge in [0.2, 0.25) is 5.89 Å². The summed E-state index contributed by atoms with van der Waals surface area (Å²) in [7, 11) is 0. The van der Waals surface area contributed by atoms with Crippen molar-refractivity contribution in [3.8, 4) is 5.75 Å². The van der Waals surface area contributed by atoms with Crippen molar-refractivity contribution in [3.05, 3.63) is 36.0 Å². The van der Waals surface area contributed by atoms with Gasteiger partial charge in [-0.2, -0.15) is 4.98 Å². The molecule has 0 saturated heterocycles. The number of aromatic nitrogens is 2. The molecule has 17 heavy (non-hydrogen) atoms. The average Bonchev–Trinajstić information content (AvgIpc) is 2.77. The lowest BCUT2D eigenvalue weighted by Gasteiger charge is -2.02. The molecule has 0 bridgehead atoms. The highest BCUT2D eigenvalue weighted by molar-refractivity contribution is 5.45. The van der Waals surface area contributed by atoms with Gasteiger partial charge >= 0.3 is 0 Å². The minimum Gasteiger partial charge on any atom is -0.508 e. The third kappa shape index (κ3) is 3.21. The molecule has 1 aromatic carbocycles. The van der Waals surface area contributed by atoms with Crippen molar-refractivity contribution >= 4 is 5.69 Å². The number of aromatic hydroxyl groups is 1. The Bertz CT molecular complexity index is 465. The van der Waals surface area contributed by atoms with Crippen LogP contribution >= 0.6 is 0 Å². The second-order valence-electron chi connectivity index (χ2n) is 3.75. The molecule has 0 atom stereocenters. The van der Waals surface area contributed by atoms with Crippen LogP contribution in [0.2, 0.25) is 0 Å². The summed E-state index contributed by atoms with van der Waals surface area (Å²) < 4.78 is 5.09. The largest absolute Gasteiger partial charge is 0.508 e. The molecule has 2 rings (SSSR count). The van der Waals surface area contributed by atoms with Gasteiger partial charge in [0, 0.05) is 12.1 Å². The van der Waals surface area contributed by atoms with Gasteiger partial charge in [0.15, 0.2) is 5.82 Å². The van der Waals surface area contributed by atoms with E-state index >= 15 is 0 Å². The van der Waals surface area contributed by atoms with Gasteiger partial charge in [-0.25, -0.2) is 0 Å². The molecule has 2 N–H and O–H groups in total. The average molecular weight is 233 g/mol. The van der Waals surface area contributed by atoms with Gasteiger partial charge in [-0.1, -0.05) is 12.1 Å². The summed E-state index contributed by atoms with van der Waals surface area (Å²) in [4.78, 5) is 4.24. The zero-order valence-electron chi connectivity index (χ0n) is 9.68. The summed E-state index contributed by atoms with van der Waals surface area (Å²) in [6, 6.07) is 6.83. The molecule has 1 aromatic heterocycles. The van der Waals surface area contributed by atoms with Crippen LogP contribution in [0.5, 0.6) is 5.75 Å². The lowest BCUT2D eigenvalue weighted by Crippen LogP contribution is -1.99. The number of nitrogens with one attached hydrogen (secondary N) is 1. The lowest BCUT2D eigenvalue weighted by atomic mass is 10.3. The molecular formula is C12H15N3O2. The van der Waals surface area contributed by atoms with Gasteiger partial charge < -0.3 is 14.9 Å². The Hall–Kier alpha value is -2.04. The summed E-state index contributed by atoms with van der Waals surface area (Å²) in [5, 5.41) is 16.1. The topological polar surface area (TPSA) is 71.2 Å². The molecule has 0 unspecified atom stereocenters. The third-order valence-corrected chi connectivity index (χ3v) is 2.29. The maximum atomic E-state index is 9.14. The Morgan fingerprint density at radius 3 is 2.76 bits per heavy atom. The van der Waals surface area contributed by atoms with E-state index in [4.69, 9.17) is 9.63 Å². The molecule has 2 aromatic rings.